The molecule has 0 aliphatic rings. The Balaban J connectivity index is 6.39. The highest BCUT2D eigenvalue weighted by atomic mass is 16.6. The maximum absolute atomic E-state index is 14.1. The van der Waals surface area contributed by atoms with Crippen LogP contribution in [0.15, 0.2) is 0 Å². The first-order valence-corrected chi connectivity index (χ1v) is 18.0. The molecule has 302 valence electrons. The minimum atomic E-state index is -1.32. The van der Waals surface area contributed by atoms with Gasteiger partial charge in [-0.1, -0.05) is 39.5 Å². The van der Waals surface area contributed by atoms with E-state index in [4.69, 9.17) is 23.3 Å². The fourth-order valence-electron chi connectivity index (χ4n) is 4.78. The highest BCUT2D eigenvalue weighted by Crippen LogP contribution is 2.13. The van der Waals surface area contributed by atoms with Crippen LogP contribution < -0.4 is 16.4 Å². The molecule has 0 radical (unpaired) electrons. The van der Waals surface area contributed by atoms with Crippen molar-refractivity contribution in [3.8, 4) is 24.7 Å². The molecule has 0 heterocycles. The molecule has 11 amide bonds. The molecule has 0 aliphatic heterocycles. The third-order valence-electron chi connectivity index (χ3n) is 7.24. The van der Waals surface area contributed by atoms with Crippen LogP contribution in [0.1, 0.15) is 74.1 Å². The maximum atomic E-state index is 14.1. The summed E-state index contributed by atoms with van der Waals surface area (Å²) in [4.78, 5) is 112. The number of carbonyl (C=O) groups excluding carboxylic acids is 8. The molecule has 0 aliphatic carbocycles. The molecule has 1 unspecified atom stereocenters. The Bertz CT molecular complexity index is 1400. The summed E-state index contributed by atoms with van der Waals surface area (Å²) in [7, 11) is 1.40. The van der Waals surface area contributed by atoms with Crippen molar-refractivity contribution in [1.29, 1.82) is 0 Å². The number of amides is 11. The summed E-state index contributed by atoms with van der Waals surface area (Å²) in [6.07, 6.45) is 11.3. The molecule has 0 aromatic carbocycles. The second kappa shape index (κ2) is 24.8. The highest BCUT2D eigenvalue weighted by molar-refractivity contribution is 6.06. The van der Waals surface area contributed by atoms with Gasteiger partial charge in [0, 0.05) is 39.8 Å². The average molecular weight is 762 g/mol. The van der Waals surface area contributed by atoms with Crippen LogP contribution in [0.2, 0.25) is 0 Å². The van der Waals surface area contributed by atoms with Crippen LogP contribution in [0.4, 0.5) is 19.2 Å². The number of ether oxygens (including phenoxy) is 1. The third kappa shape index (κ3) is 16.5. The monoisotopic (exact) mass is 761 g/mol. The van der Waals surface area contributed by atoms with E-state index in [9.17, 15) is 38.4 Å². The number of hydrogen-bond acceptors (Lipinski definition) is 10. The molecule has 54 heavy (non-hydrogen) atoms. The Morgan fingerprint density at radius 1 is 0.667 bits per heavy atom. The maximum Gasteiger partial charge on any atom is 0.407 e. The molecule has 0 rings (SSSR count). The zero-order valence-electron chi connectivity index (χ0n) is 33.1. The van der Waals surface area contributed by atoms with Crippen molar-refractivity contribution in [3.05, 3.63) is 0 Å². The number of imide groups is 3. The van der Waals surface area contributed by atoms with Gasteiger partial charge in [0.2, 0.25) is 23.6 Å². The minimum Gasteiger partial charge on any atom is -0.444 e. The van der Waals surface area contributed by atoms with Gasteiger partial charge in [-0.3, -0.25) is 24.1 Å². The molecule has 0 aromatic rings. The van der Waals surface area contributed by atoms with Crippen LogP contribution in [-0.2, 0) is 23.9 Å². The second-order valence-electron chi connectivity index (χ2n) is 13.1. The van der Waals surface area contributed by atoms with E-state index in [1.54, 1.807) is 48.5 Å². The highest BCUT2D eigenvalue weighted by Gasteiger charge is 2.37. The van der Waals surface area contributed by atoms with Gasteiger partial charge < -0.3 is 35.8 Å². The number of terminal acetylenes is 2. The van der Waals surface area contributed by atoms with Crippen molar-refractivity contribution in [1.82, 2.24) is 40.0 Å². The summed E-state index contributed by atoms with van der Waals surface area (Å²) in [5.41, 5.74) is 5.22. The number of nitrogens with one attached hydrogen (secondary N) is 2. The molecule has 0 aromatic heterocycles. The van der Waals surface area contributed by atoms with Gasteiger partial charge in [-0.25, -0.2) is 29.0 Å². The van der Waals surface area contributed by atoms with Crippen LogP contribution in [0, 0.1) is 24.7 Å². The van der Waals surface area contributed by atoms with E-state index in [2.05, 4.69) is 22.5 Å². The Labute approximate surface area is 319 Å². The van der Waals surface area contributed by atoms with Gasteiger partial charge >= 0.3 is 24.2 Å². The van der Waals surface area contributed by atoms with Crippen molar-refractivity contribution < 1.29 is 43.1 Å². The van der Waals surface area contributed by atoms with Crippen LogP contribution >= 0.6 is 0 Å². The summed E-state index contributed by atoms with van der Waals surface area (Å²) in [6, 6.07) is -4.23. The first kappa shape index (κ1) is 48.6. The molecule has 0 fully saturated rings. The Morgan fingerprint density at radius 2 is 1.13 bits per heavy atom. The Hall–Kier alpha value is -5.36. The minimum absolute atomic E-state index is 0.0541. The van der Waals surface area contributed by atoms with Crippen molar-refractivity contribution in [2.24, 2.45) is 5.73 Å². The quantitative estimate of drug-likeness (QED) is 0.160. The lowest BCUT2D eigenvalue weighted by Crippen LogP contribution is -2.59. The summed E-state index contributed by atoms with van der Waals surface area (Å²) >= 11 is 0. The number of alkyl carbamates (subject to hydrolysis) is 1. The normalized spacial score (nSPS) is 11.1. The van der Waals surface area contributed by atoms with E-state index in [-0.39, 0.29) is 65.2 Å². The molecule has 0 saturated carbocycles. The lowest BCUT2D eigenvalue weighted by Gasteiger charge is -2.35. The average Bonchev–Trinajstić information content (AvgIpc) is 3.11. The SMILES string of the molecule is C#CCN(CC(=O)NC)C(=O)CN(CCC)C(=O)N(CCC)C(=O)N(CCC)C(=O)N(CCC)C(=O)CN(CC#C)C(=O)C(N)CNC(=O)OC(C)(C)C. The van der Waals surface area contributed by atoms with E-state index >= 15 is 0 Å². The smallest absolute Gasteiger partial charge is 0.407 e. The summed E-state index contributed by atoms with van der Waals surface area (Å²) in [5.74, 6) is 1.83. The largest absolute Gasteiger partial charge is 0.444 e. The predicted octanol–water partition coefficient (Wildman–Crippen LogP) is 1.24. The zero-order chi connectivity index (χ0) is 41.6. The molecule has 4 N–H and O–H groups in total. The number of likely N-dealkylation sites (N-methyl/N-ethyl adjacent to an activating group) is 1. The number of rotatable bonds is 19. The van der Waals surface area contributed by atoms with Gasteiger partial charge in [-0.15, -0.1) is 12.8 Å². The topological polar surface area (TPSA) is 215 Å². The number of hydrogen-bond donors (Lipinski definition) is 3. The molecule has 18 nitrogen and oxygen atoms in total. The fraction of sp³-hybridized carbons (Fsp3) is 0.667. The molecule has 0 bridgehead atoms. The standard InChI is InChI=1S/C36H59N9O9/c1-11-17-40(24-28(46)38-10)29(47)25-42(19-13-3)33(51)44(21-15-5)35(53)45(22-16-6)34(52)43(20-14-4)30(48)26-41(18-12-2)31(49)27(37)23-39-32(50)54-36(7,8)9/h1-2,27H,13-26,37H2,3-10H3,(H,38,46)(H,39,50). The molecule has 0 saturated heterocycles. The van der Waals surface area contributed by atoms with E-state index < -0.39 is 72.5 Å². The first-order valence-electron chi connectivity index (χ1n) is 18.0. The fourth-order valence-corrected chi connectivity index (χ4v) is 4.78. The number of nitrogens with zero attached hydrogens (tertiary/aromatic N) is 6. The number of nitrogens with two attached hydrogens (primary N) is 1. The molecule has 0 spiro atoms. The van der Waals surface area contributed by atoms with Crippen molar-refractivity contribution in [3.63, 3.8) is 0 Å². The van der Waals surface area contributed by atoms with Gasteiger partial charge in [0.15, 0.2) is 0 Å². The van der Waals surface area contributed by atoms with Gasteiger partial charge in [-0.2, -0.15) is 0 Å². The summed E-state index contributed by atoms with van der Waals surface area (Å²) in [5, 5.41) is 4.80. The molecule has 1 atom stereocenters. The Kier molecular flexibility index (Phi) is 22.3. The second-order valence-corrected chi connectivity index (χ2v) is 13.1. The lowest BCUT2D eigenvalue weighted by atomic mass is 10.2. The molecular formula is C36H59N9O9. The van der Waals surface area contributed by atoms with E-state index in [0.29, 0.717) is 12.8 Å². The molecular weight excluding hydrogens is 702 g/mol. The van der Waals surface area contributed by atoms with Crippen LogP contribution in [0.25, 0.3) is 0 Å². The van der Waals surface area contributed by atoms with Gasteiger partial charge in [-0.05, 0) is 46.5 Å². The number of urea groups is 3. The van der Waals surface area contributed by atoms with E-state index in [1.807, 2.05) is 0 Å². The van der Waals surface area contributed by atoms with E-state index in [0.717, 1.165) is 29.4 Å². The van der Waals surface area contributed by atoms with Gasteiger partial charge in [0.05, 0.1) is 13.1 Å². The van der Waals surface area contributed by atoms with Crippen molar-refractivity contribution in [2.75, 3.05) is 72.5 Å². The van der Waals surface area contributed by atoms with Crippen molar-refractivity contribution in [2.45, 2.75) is 85.8 Å². The summed E-state index contributed by atoms with van der Waals surface area (Å²) in [6.45, 7) is 9.02. The third-order valence-corrected chi connectivity index (χ3v) is 7.24. The van der Waals surface area contributed by atoms with Crippen LogP contribution in [0.5, 0.6) is 0 Å². The van der Waals surface area contributed by atoms with Crippen LogP contribution in [0.3, 0.4) is 0 Å². The Morgan fingerprint density at radius 3 is 1.61 bits per heavy atom. The molecule has 18 heteroatoms. The summed E-state index contributed by atoms with van der Waals surface area (Å²) < 4.78 is 5.15. The lowest BCUT2D eigenvalue weighted by molar-refractivity contribution is -0.139. The van der Waals surface area contributed by atoms with E-state index in [1.165, 1.54) is 7.05 Å². The zero-order valence-corrected chi connectivity index (χ0v) is 33.1. The van der Waals surface area contributed by atoms with Crippen LogP contribution in [-0.4, -0.2) is 161 Å². The van der Waals surface area contributed by atoms with Gasteiger partial charge in [0.1, 0.15) is 31.3 Å². The van der Waals surface area contributed by atoms with Crippen molar-refractivity contribution >= 4 is 47.8 Å². The predicted molar refractivity (Wildman–Crippen MR) is 201 cm³/mol. The first-order chi connectivity index (χ1) is 25.4. The number of carbonyl (C=O) groups is 8. The van der Waals surface area contributed by atoms with Gasteiger partial charge in [0.25, 0.3) is 0 Å².